The first-order valence-electron chi connectivity index (χ1n) is 4.51. The molecule has 1 rings (SSSR count). The number of carbonyl (C=O) groups excluding carboxylic acids is 1. The van der Waals surface area contributed by atoms with E-state index in [1.54, 1.807) is 6.08 Å². The van der Waals surface area contributed by atoms with Crippen molar-refractivity contribution in [2.45, 2.75) is 18.7 Å². The molecule has 1 unspecified atom stereocenters. The minimum Gasteiger partial charge on any atom is -0.466 e. The molecule has 0 bridgehead atoms. The highest BCUT2D eigenvalue weighted by atomic mass is 35.5. The molecule has 0 fully saturated rings. The Morgan fingerprint density at radius 2 is 2.27 bits per heavy atom. The van der Waals surface area contributed by atoms with E-state index < -0.39 is 0 Å². The molecule has 0 aromatic rings. The van der Waals surface area contributed by atoms with E-state index in [1.165, 1.54) is 13.2 Å². The van der Waals surface area contributed by atoms with Crippen molar-refractivity contribution in [2.24, 2.45) is 0 Å². The minimum absolute atomic E-state index is 0.201. The molecule has 0 aromatic heterocycles. The molecule has 0 amide bonds. The van der Waals surface area contributed by atoms with Gasteiger partial charge in [-0.1, -0.05) is 17.7 Å². The summed E-state index contributed by atoms with van der Waals surface area (Å²) >= 11 is 11.8. The molecule has 1 atom stereocenters. The lowest BCUT2D eigenvalue weighted by Gasteiger charge is -2.16. The van der Waals surface area contributed by atoms with Gasteiger partial charge in [-0.3, -0.25) is 0 Å². The Bertz CT molecular complexity index is 354. The minimum atomic E-state index is -0.361. The second-order valence-corrected chi connectivity index (χ2v) is 4.23. The van der Waals surface area contributed by atoms with Crippen LogP contribution in [-0.4, -0.2) is 18.5 Å². The summed E-state index contributed by atoms with van der Waals surface area (Å²) in [5.74, 6) is -0.361. The number of carbonyl (C=O) groups is 1. The first-order valence-corrected chi connectivity index (χ1v) is 5.33. The highest BCUT2D eigenvalue weighted by molar-refractivity contribution is 6.37. The number of rotatable bonds is 2. The molecule has 2 nitrogen and oxygen atoms in total. The van der Waals surface area contributed by atoms with Crippen LogP contribution in [0.1, 0.15) is 13.3 Å². The van der Waals surface area contributed by atoms with Gasteiger partial charge in [0.05, 0.1) is 12.5 Å². The van der Waals surface area contributed by atoms with Gasteiger partial charge in [0.15, 0.2) is 0 Å². The number of esters is 1. The molecule has 15 heavy (non-hydrogen) atoms. The van der Waals surface area contributed by atoms with Crippen LogP contribution in [-0.2, 0) is 9.53 Å². The van der Waals surface area contributed by atoms with E-state index in [0.29, 0.717) is 11.5 Å². The molecule has 0 radical (unpaired) electrons. The lowest BCUT2D eigenvalue weighted by molar-refractivity contribution is -0.134. The molecule has 0 aromatic carbocycles. The molecule has 1 aliphatic carbocycles. The quantitative estimate of drug-likeness (QED) is 0.425. The largest absolute Gasteiger partial charge is 0.466 e. The average molecular weight is 247 g/mol. The predicted octanol–water partition coefficient (Wildman–Crippen LogP) is 3.17. The van der Waals surface area contributed by atoms with E-state index >= 15 is 0 Å². The summed E-state index contributed by atoms with van der Waals surface area (Å²) in [4.78, 5) is 11.0. The number of halogens is 2. The van der Waals surface area contributed by atoms with Gasteiger partial charge in [0.2, 0.25) is 0 Å². The van der Waals surface area contributed by atoms with Gasteiger partial charge >= 0.3 is 5.97 Å². The van der Waals surface area contributed by atoms with Crippen LogP contribution >= 0.6 is 23.2 Å². The number of allylic oxidation sites excluding steroid dienone is 5. The van der Waals surface area contributed by atoms with E-state index in [9.17, 15) is 4.79 Å². The molecular formula is C11H12Cl2O2. The maximum atomic E-state index is 11.0. The summed E-state index contributed by atoms with van der Waals surface area (Å²) in [7, 11) is 1.35. The summed E-state index contributed by atoms with van der Waals surface area (Å²) < 4.78 is 4.54. The Morgan fingerprint density at radius 3 is 2.80 bits per heavy atom. The Balaban J connectivity index is 2.82. The predicted molar refractivity (Wildman–Crippen MR) is 62.1 cm³/mol. The SMILES string of the molecule is COC(=O)/C=C(/C)C1=CC=C(Cl)C(Cl)C1. The van der Waals surface area contributed by atoms with Crippen LogP contribution in [0.15, 0.2) is 34.4 Å². The molecule has 0 saturated heterocycles. The Morgan fingerprint density at radius 1 is 1.60 bits per heavy atom. The van der Waals surface area contributed by atoms with Crippen molar-refractivity contribution < 1.29 is 9.53 Å². The van der Waals surface area contributed by atoms with Crippen molar-refractivity contribution in [2.75, 3.05) is 7.11 Å². The van der Waals surface area contributed by atoms with Gasteiger partial charge in [-0.25, -0.2) is 4.79 Å². The van der Waals surface area contributed by atoms with Gasteiger partial charge in [0.25, 0.3) is 0 Å². The van der Waals surface area contributed by atoms with Crippen LogP contribution in [0.5, 0.6) is 0 Å². The molecule has 4 heteroatoms. The molecule has 0 saturated carbocycles. The zero-order valence-electron chi connectivity index (χ0n) is 8.59. The topological polar surface area (TPSA) is 26.3 Å². The van der Waals surface area contributed by atoms with Crippen LogP contribution < -0.4 is 0 Å². The number of alkyl halides is 1. The molecule has 82 valence electrons. The third kappa shape index (κ3) is 3.40. The van der Waals surface area contributed by atoms with Crippen molar-refractivity contribution in [1.82, 2.24) is 0 Å². The van der Waals surface area contributed by atoms with Crippen LogP contribution in [0, 0.1) is 0 Å². The standard InChI is InChI=1S/C11H12Cl2O2/c1-7(5-11(14)15-2)8-3-4-9(12)10(13)6-8/h3-5,10H,6H2,1-2H3/b7-5-. The number of ether oxygens (including phenoxy) is 1. The summed E-state index contributed by atoms with van der Waals surface area (Å²) in [6.07, 6.45) is 5.71. The lowest BCUT2D eigenvalue weighted by atomic mass is 9.98. The van der Waals surface area contributed by atoms with Crippen LogP contribution in [0.4, 0.5) is 0 Å². The van der Waals surface area contributed by atoms with Crippen molar-refractivity contribution in [3.8, 4) is 0 Å². The van der Waals surface area contributed by atoms with E-state index in [2.05, 4.69) is 4.74 Å². The summed E-state index contributed by atoms with van der Waals surface area (Å²) in [5.41, 5.74) is 1.86. The number of hydrogen-bond acceptors (Lipinski definition) is 2. The molecule has 1 aliphatic rings. The first-order chi connectivity index (χ1) is 7.04. The maximum Gasteiger partial charge on any atom is 0.330 e. The normalized spacial score (nSPS) is 21.9. The van der Waals surface area contributed by atoms with Crippen molar-refractivity contribution in [3.05, 3.63) is 34.4 Å². The smallest absolute Gasteiger partial charge is 0.330 e. The van der Waals surface area contributed by atoms with Crippen molar-refractivity contribution in [1.29, 1.82) is 0 Å². The summed E-state index contributed by atoms with van der Waals surface area (Å²) in [6, 6.07) is 0. The summed E-state index contributed by atoms with van der Waals surface area (Å²) in [6.45, 7) is 1.85. The molecular weight excluding hydrogens is 235 g/mol. The molecule has 0 heterocycles. The van der Waals surface area contributed by atoms with Gasteiger partial charge in [0.1, 0.15) is 0 Å². The van der Waals surface area contributed by atoms with E-state index in [0.717, 1.165) is 11.1 Å². The van der Waals surface area contributed by atoms with Crippen LogP contribution in [0.25, 0.3) is 0 Å². The zero-order valence-corrected chi connectivity index (χ0v) is 10.1. The van der Waals surface area contributed by atoms with Crippen LogP contribution in [0.3, 0.4) is 0 Å². The fraction of sp³-hybridized carbons (Fsp3) is 0.364. The third-order valence-electron chi connectivity index (χ3n) is 2.18. The Kier molecular flexibility index (Phi) is 4.43. The second kappa shape index (κ2) is 5.38. The van der Waals surface area contributed by atoms with E-state index in [1.807, 2.05) is 13.0 Å². The van der Waals surface area contributed by atoms with Gasteiger partial charge in [0, 0.05) is 11.1 Å². The van der Waals surface area contributed by atoms with Gasteiger partial charge in [-0.2, -0.15) is 0 Å². The number of hydrogen-bond donors (Lipinski definition) is 0. The molecule has 0 aliphatic heterocycles. The number of methoxy groups -OCH3 is 1. The van der Waals surface area contributed by atoms with Gasteiger partial charge in [-0.05, 0) is 30.6 Å². The lowest BCUT2D eigenvalue weighted by Crippen LogP contribution is -2.06. The van der Waals surface area contributed by atoms with Crippen molar-refractivity contribution in [3.63, 3.8) is 0 Å². The summed E-state index contributed by atoms with van der Waals surface area (Å²) in [5, 5.41) is 0.430. The van der Waals surface area contributed by atoms with Crippen molar-refractivity contribution >= 4 is 29.2 Å². The van der Waals surface area contributed by atoms with Gasteiger partial charge in [-0.15, -0.1) is 11.6 Å². The Hall–Kier alpha value is -0.730. The van der Waals surface area contributed by atoms with E-state index in [4.69, 9.17) is 23.2 Å². The van der Waals surface area contributed by atoms with Gasteiger partial charge < -0.3 is 4.74 Å². The third-order valence-corrected chi connectivity index (χ3v) is 3.07. The fourth-order valence-electron chi connectivity index (χ4n) is 1.26. The second-order valence-electron chi connectivity index (χ2n) is 3.27. The van der Waals surface area contributed by atoms with Crippen LogP contribution in [0.2, 0.25) is 0 Å². The first kappa shape index (κ1) is 12.3. The Labute approximate surface area is 99.2 Å². The van der Waals surface area contributed by atoms with E-state index in [-0.39, 0.29) is 11.3 Å². The molecule has 0 spiro atoms. The highest BCUT2D eigenvalue weighted by Crippen LogP contribution is 2.29. The zero-order chi connectivity index (χ0) is 11.4. The molecule has 0 N–H and O–H groups in total. The fourth-order valence-corrected chi connectivity index (χ4v) is 1.64. The average Bonchev–Trinajstić information content (AvgIpc) is 2.21. The monoisotopic (exact) mass is 246 g/mol. The maximum absolute atomic E-state index is 11.0. The highest BCUT2D eigenvalue weighted by Gasteiger charge is 2.16.